The quantitative estimate of drug-likeness (QED) is 0.829. The van der Waals surface area contributed by atoms with Crippen LogP contribution < -0.4 is 5.32 Å². The van der Waals surface area contributed by atoms with E-state index in [0.29, 0.717) is 6.04 Å². The molecule has 1 saturated carbocycles. The lowest BCUT2D eigenvalue weighted by atomic mass is 10.2. The summed E-state index contributed by atoms with van der Waals surface area (Å²) in [5.74, 6) is 1.04. The molecule has 0 aromatic carbocycles. The Hall–Kier alpha value is -0.410. The standard InChI is InChI=1S/C11H17NOS/c1-14-11-5-4-9(7-11)12-8-10-3-2-6-13-10/h2-3,6,9,11-12H,4-5,7-8H2,1H3. The van der Waals surface area contributed by atoms with E-state index in [1.165, 1.54) is 19.3 Å². The molecular weight excluding hydrogens is 194 g/mol. The third-order valence-corrected chi connectivity index (χ3v) is 3.96. The van der Waals surface area contributed by atoms with Crippen molar-refractivity contribution in [3.63, 3.8) is 0 Å². The Bertz CT molecular complexity index is 260. The maximum absolute atomic E-state index is 5.28. The first-order chi connectivity index (χ1) is 6.88. The first kappa shape index (κ1) is 10.1. The van der Waals surface area contributed by atoms with Crippen LogP contribution in [-0.4, -0.2) is 17.5 Å². The molecule has 1 aliphatic rings. The van der Waals surface area contributed by atoms with E-state index in [2.05, 4.69) is 11.6 Å². The monoisotopic (exact) mass is 211 g/mol. The Balaban J connectivity index is 1.72. The third-order valence-electron chi connectivity index (χ3n) is 2.86. The van der Waals surface area contributed by atoms with Gasteiger partial charge in [-0.1, -0.05) is 0 Å². The van der Waals surface area contributed by atoms with Gasteiger partial charge in [0.1, 0.15) is 5.76 Å². The van der Waals surface area contributed by atoms with E-state index < -0.39 is 0 Å². The Kier molecular flexibility index (Phi) is 3.54. The molecule has 0 bridgehead atoms. The second kappa shape index (κ2) is 4.89. The van der Waals surface area contributed by atoms with E-state index in [1.807, 2.05) is 23.9 Å². The van der Waals surface area contributed by atoms with Gasteiger partial charge < -0.3 is 9.73 Å². The Morgan fingerprint density at radius 2 is 2.50 bits per heavy atom. The zero-order valence-corrected chi connectivity index (χ0v) is 9.35. The molecule has 0 aliphatic heterocycles. The lowest BCUT2D eigenvalue weighted by Crippen LogP contribution is -2.25. The molecule has 1 heterocycles. The molecule has 1 N–H and O–H groups in total. The summed E-state index contributed by atoms with van der Waals surface area (Å²) in [6.07, 6.45) is 7.92. The molecule has 1 fully saturated rings. The van der Waals surface area contributed by atoms with E-state index in [0.717, 1.165) is 17.6 Å². The SMILES string of the molecule is CSC1CCC(NCc2ccco2)C1. The maximum Gasteiger partial charge on any atom is 0.117 e. The Morgan fingerprint density at radius 3 is 3.14 bits per heavy atom. The molecular formula is C11H17NOS. The van der Waals surface area contributed by atoms with E-state index in [9.17, 15) is 0 Å². The summed E-state index contributed by atoms with van der Waals surface area (Å²) in [4.78, 5) is 0. The number of furan rings is 1. The minimum absolute atomic E-state index is 0.692. The summed E-state index contributed by atoms with van der Waals surface area (Å²) < 4.78 is 5.28. The predicted octanol–water partition coefficient (Wildman–Crippen LogP) is 2.65. The van der Waals surface area contributed by atoms with Gasteiger partial charge in [-0.3, -0.25) is 0 Å². The molecule has 3 heteroatoms. The minimum Gasteiger partial charge on any atom is -0.468 e. The van der Waals surface area contributed by atoms with Crippen LogP contribution in [0.4, 0.5) is 0 Å². The van der Waals surface area contributed by atoms with Crippen LogP contribution in [0.15, 0.2) is 22.8 Å². The first-order valence-electron chi connectivity index (χ1n) is 5.17. The number of rotatable bonds is 4. The highest BCUT2D eigenvalue weighted by molar-refractivity contribution is 7.99. The highest BCUT2D eigenvalue weighted by Crippen LogP contribution is 2.28. The molecule has 0 amide bonds. The lowest BCUT2D eigenvalue weighted by molar-refractivity contribution is 0.446. The van der Waals surface area contributed by atoms with E-state index in [1.54, 1.807) is 6.26 Å². The fourth-order valence-corrected chi connectivity index (χ4v) is 2.79. The van der Waals surface area contributed by atoms with Gasteiger partial charge in [-0.25, -0.2) is 0 Å². The second-order valence-corrected chi connectivity index (χ2v) is 4.97. The van der Waals surface area contributed by atoms with Crippen LogP contribution >= 0.6 is 11.8 Å². The Morgan fingerprint density at radius 1 is 1.57 bits per heavy atom. The lowest BCUT2D eigenvalue weighted by Gasteiger charge is -2.10. The smallest absolute Gasteiger partial charge is 0.117 e. The number of hydrogen-bond acceptors (Lipinski definition) is 3. The summed E-state index contributed by atoms with van der Waals surface area (Å²) in [5, 5.41) is 4.41. The molecule has 0 radical (unpaired) electrons. The van der Waals surface area contributed by atoms with E-state index in [-0.39, 0.29) is 0 Å². The zero-order chi connectivity index (χ0) is 9.80. The van der Waals surface area contributed by atoms with Gasteiger partial charge in [-0.05, 0) is 37.7 Å². The van der Waals surface area contributed by atoms with Crippen molar-refractivity contribution in [2.45, 2.75) is 37.1 Å². The van der Waals surface area contributed by atoms with Crippen molar-refractivity contribution >= 4 is 11.8 Å². The fraction of sp³-hybridized carbons (Fsp3) is 0.636. The van der Waals surface area contributed by atoms with Crippen molar-refractivity contribution in [1.29, 1.82) is 0 Å². The van der Waals surface area contributed by atoms with Gasteiger partial charge in [-0.15, -0.1) is 0 Å². The first-order valence-corrected chi connectivity index (χ1v) is 6.46. The van der Waals surface area contributed by atoms with Crippen molar-refractivity contribution in [1.82, 2.24) is 5.32 Å². The second-order valence-electron chi connectivity index (χ2n) is 3.83. The third kappa shape index (κ3) is 2.55. The number of thioether (sulfide) groups is 1. The highest BCUT2D eigenvalue weighted by Gasteiger charge is 2.23. The van der Waals surface area contributed by atoms with Crippen molar-refractivity contribution in [3.05, 3.63) is 24.2 Å². The molecule has 0 spiro atoms. The summed E-state index contributed by atoms with van der Waals surface area (Å²) in [6.45, 7) is 0.874. The van der Waals surface area contributed by atoms with Gasteiger partial charge >= 0.3 is 0 Å². The van der Waals surface area contributed by atoms with Gasteiger partial charge in [0.25, 0.3) is 0 Å². The molecule has 2 rings (SSSR count). The van der Waals surface area contributed by atoms with Gasteiger partial charge in [0, 0.05) is 11.3 Å². The predicted molar refractivity (Wildman–Crippen MR) is 60.5 cm³/mol. The van der Waals surface area contributed by atoms with Crippen LogP contribution in [0.5, 0.6) is 0 Å². The number of hydrogen-bond donors (Lipinski definition) is 1. The summed E-state index contributed by atoms with van der Waals surface area (Å²) in [7, 11) is 0. The van der Waals surface area contributed by atoms with E-state index in [4.69, 9.17) is 4.42 Å². The molecule has 78 valence electrons. The largest absolute Gasteiger partial charge is 0.468 e. The van der Waals surface area contributed by atoms with Gasteiger partial charge in [0.05, 0.1) is 12.8 Å². The fourth-order valence-electron chi connectivity index (χ4n) is 2.00. The molecule has 1 aromatic heterocycles. The zero-order valence-electron chi connectivity index (χ0n) is 8.53. The number of nitrogens with one attached hydrogen (secondary N) is 1. The average molecular weight is 211 g/mol. The molecule has 0 saturated heterocycles. The average Bonchev–Trinajstić information content (AvgIpc) is 2.86. The van der Waals surface area contributed by atoms with Crippen LogP contribution in [0.2, 0.25) is 0 Å². The van der Waals surface area contributed by atoms with Gasteiger partial charge in [0.15, 0.2) is 0 Å². The van der Waals surface area contributed by atoms with Crippen molar-refractivity contribution in [2.75, 3.05) is 6.26 Å². The van der Waals surface area contributed by atoms with Crippen molar-refractivity contribution in [2.24, 2.45) is 0 Å². The van der Waals surface area contributed by atoms with E-state index >= 15 is 0 Å². The minimum atomic E-state index is 0.692. The van der Waals surface area contributed by atoms with Gasteiger partial charge in [-0.2, -0.15) is 11.8 Å². The molecule has 1 aromatic rings. The molecule has 14 heavy (non-hydrogen) atoms. The molecule has 1 aliphatic carbocycles. The highest BCUT2D eigenvalue weighted by atomic mass is 32.2. The van der Waals surface area contributed by atoms with Crippen molar-refractivity contribution < 1.29 is 4.42 Å². The van der Waals surface area contributed by atoms with Crippen LogP contribution in [0.3, 0.4) is 0 Å². The summed E-state index contributed by atoms with van der Waals surface area (Å²) in [6, 6.07) is 4.65. The molecule has 2 unspecified atom stereocenters. The normalized spacial score (nSPS) is 26.9. The molecule has 2 nitrogen and oxygen atoms in total. The topological polar surface area (TPSA) is 25.2 Å². The van der Waals surface area contributed by atoms with Crippen LogP contribution in [0, 0.1) is 0 Å². The summed E-state index contributed by atoms with van der Waals surface area (Å²) >= 11 is 2.00. The van der Waals surface area contributed by atoms with Gasteiger partial charge in [0.2, 0.25) is 0 Å². The van der Waals surface area contributed by atoms with Crippen LogP contribution in [0.1, 0.15) is 25.0 Å². The van der Waals surface area contributed by atoms with Crippen molar-refractivity contribution in [3.8, 4) is 0 Å². The molecule has 2 atom stereocenters. The van der Waals surface area contributed by atoms with Crippen LogP contribution in [-0.2, 0) is 6.54 Å². The van der Waals surface area contributed by atoms with Crippen LogP contribution in [0.25, 0.3) is 0 Å². The summed E-state index contributed by atoms with van der Waals surface area (Å²) in [5.41, 5.74) is 0. The Labute approximate surface area is 89.4 Å². The maximum atomic E-state index is 5.28.